The van der Waals surface area contributed by atoms with E-state index in [-0.39, 0.29) is 5.28 Å². The van der Waals surface area contributed by atoms with E-state index in [0.717, 1.165) is 6.42 Å². The summed E-state index contributed by atoms with van der Waals surface area (Å²) < 4.78 is 0. The Morgan fingerprint density at radius 1 is 0.696 bits per heavy atom. The fourth-order valence-corrected chi connectivity index (χ4v) is 5.74. The van der Waals surface area contributed by atoms with E-state index >= 15 is 0 Å². The van der Waals surface area contributed by atoms with Crippen LogP contribution in [0.1, 0.15) is 12.5 Å². The van der Waals surface area contributed by atoms with Gasteiger partial charge in [-0.05, 0) is 37.4 Å². The highest BCUT2D eigenvalue weighted by Crippen LogP contribution is 2.46. The van der Waals surface area contributed by atoms with Crippen LogP contribution in [0.15, 0.2) is 91.0 Å². The van der Waals surface area contributed by atoms with E-state index in [4.69, 9.17) is 5.73 Å². The lowest BCUT2D eigenvalue weighted by molar-refractivity contribution is 0.664. The summed E-state index contributed by atoms with van der Waals surface area (Å²) >= 11 is 0. The first-order chi connectivity index (χ1) is 11.2. The van der Waals surface area contributed by atoms with Gasteiger partial charge in [-0.25, -0.2) is 0 Å². The van der Waals surface area contributed by atoms with Crippen LogP contribution in [0, 0.1) is 0 Å². The second kappa shape index (κ2) is 7.08. The van der Waals surface area contributed by atoms with Gasteiger partial charge in [-0.1, -0.05) is 91.0 Å². The highest BCUT2D eigenvalue weighted by molar-refractivity contribution is 7.74. The fraction of sp³-hybridized carbons (Fsp3) is 0.143. The Labute approximate surface area is 139 Å². The second-order valence-electron chi connectivity index (χ2n) is 6.03. The normalized spacial score (nSPS) is 13.7. The van der Waals surface area contributed by atoms with Gasteiger partial charge < -0.3 is 5.73 Å². The van der Waals surface area contributed by atoms with Gasteiger partial charge in [0.05, 0.1) is 0 Å². The van der Waals surface area contributed by atoms with Crippen LogP contribution in [-0.4, -0.2) is 5.28 Å². The van der Waals surface area contributed by atoms with Gasteiger partial charge >= 0.3 is 0 Å². The third-order valence-corrected chi connectivity index (χ3v) is 6.75. The molecule has 3 rings (SSSR count). The van der Waals surface area contributed by atoms with Gasteiger partial charge in [-0.2, -0.15) is 0 Å². The van der Waals surface area contributed by atoms with E-state index < -0.39 is 7.92 Å². The Hall–Kier alpha value is -1.95. The van der Waals surface area contributed by atoms with Crippen LogP contribution in [0.2, 0.25) is 0 Å². The smallest absolute Gasteiger partial charge is 0.0450 e. The van der Waals surface area contributed by atoms with Gasteiger partial charge in [-0.15, -0.1) is 0 Å². The second-order valence-corrected chi connectivity index (χ2v) is 8.75. The molecule has 1 unspecified atom stereocenters. The Morgan fingerprint density at radius 3 is 1.52 bits per heavy atom. The molecule has 2 N–H and O–H groups in total. The predicted molar refractivity (Wildman–Crippen MR) is 102 cm³/mol. The van der Waals surface area contributed by atoms with Crippen LogP contribution >= 0.6 is 7.92 Å². The summed E-state index contributed by atoms with van der Waals surface area (Å²) in [6.07, 6.45) is 0.864. The Bertz CT molecular complexity index is 684. The third-order valence-electron chi connectivity index (χ3n) is 3.94. The van der Waals surface area contributed by atoms with Crippen LogP contribution in [-0.2, 0) is 6.42 Å². The average Bonchev–Trinajstić information content (AvgIpc) is 2.57. The Morgan fingerprint density at radius 2 is 1.09 bits per heavy atom. The van der Waals surface area contributed by atoms with E-state index in [1.807, 2.05) is 0 Å². The summed E-state index contributed by atoms with van der Waals surface area (Å²) in [7, 11) is -0.640. The quantitative estimate of drug-likeness (QED) is 0.706. The Kier molecular flexibility index (Phi) is 4.91. The van der Waals surface area contributed by atoms with Gasteiger partial charge in [0.2, 0.25) is 0 Å². The van der Waals surface area contributed by atoms with E-state index in [2.05, 4.69) is 97.9 Å². The maximum Gasteiger partial charge on any atom is 0.0450 e. The van der Waals surface area contributed by atoms with Crippen molar-refractivity contribution in [3.8, 4) is 0 Å². The highest BCUT2D eigenvalue weighted by atomic mass is 31.1. The van der Waals surface area contributed by atoms with Crippen molar-refractivity contribution in [2.75, 3.05) is 0 Å². The molecule has 116 valence electrons. The van der Waals surface area contributed by atoms with Gasteiger partial charge in [0.15, 0.2) is 0 Å². The average molecular weight is 319 g/mol. The van der Waals surface area contributed by atoms with Crippen LogP contribution in [0.25, 0.3) is 0 Å². The zero-order valence-corrected chi connectivity index (χ0v) is 14.3. The van der Waals surface area contributed by atoms with E-state index in [9.17, 15) is 0 Å². The van der Waals surface area contributed by atoms with Crippen LogP contribution < -0.4 is 16.3 Å². The number of benzene rings is 3. The summed E-state index contributed by atoms with van der Waals surface area (Å²) in [5.41, 5.74) is 8.17. The molecule has 1 nitrogen and oxygen atoms in total. The van der Waals surface area contributed by atoms with E-state index in [0.29, 0.717) is 0 Å². The third kappa shape index (κ3) is 3.88. The summed E-state index contributed by atoms with van der Waals surface area (Å²) in [6.45, 7) is 2.19. The van der Waals surface area contributed by atoms with E-state index in [1.165, 1.54) is 16.2 Å². The van der Waals surface area contributed by atoms with Crippen LogP contribution in [0.3, 0.4) is 0 Å². The van der Waals surface area contributed by atoms with Gasteiger partial charge in [-0.3, -0.25) is 0 Å². The van der Waals surface area contributed by atoms with Crippen molar-refractivity contribution < 1.29 is 0 Å². The monoisotopic (exact) mass is 319 g/mol. The molecule has 0 fully saturated rings. The Balaban J connectivity index is 2.01. The first-order valence-corrected chi connectivity index (χ1v) is 9.24. The first-order valence-electron chi connectivity index (χ1n) is 7.90. The first kappa shape index (κ1) is 15.9. The molecule has 3 aromatic rings. The molecule has 3 aromatic carbocycles. The number of rotatable bonds is 5. The molecule has 0 bridgehead atoms. The van der Waals surface area contributed by atoms with Crippen molar-refractivity contribution >= 4 is 18.5 Å². The lowest BCUT2D eigenvalue weighted by Gasteiger charge is -2.35. The molecule has 0 aliphatic rings. The molecule has 0 saturated carbocycles. The van der Waals surface area contributed by atoms with Crippen molar-refractivity contribution in [1.82, 2.24) is 0 Å². The molecule has 1 atom stereocenters. The molecule has 0 saturated heterocycles. The minimum atomic E-state index is -0.640. The minimum absolute atomic E-state index is 0.306. The maximum atomic E-state index is 6.89. The summed E-state index contributed by atoms with van der Waals surface area (Å²) in [5, 5.41) is 2.35. The highest BCUT2D eigenvalue weighted by Gasteiger charge is 2.32. The lowest BCUT2D eigenvalue weighted by Crippen LogP contribution is -2.42. The van der Waals surface area contributed by atoms with E-state index in [1.54, 1.807) is 0 Å². The molecule has 0 aliphatic heterocycles. The summed E-state index contributed by atoms with van der Waals surface area (Å²) in [5.74, 6) is 0. The minimum Gasteiger partial charge on any atom is -0.321 e. The largest absolute Gasteiger partial charge is 0.321 e. The number of hydrogen-bond acceptors (Lipinski definition) is 1. The standard InChI is InChI=1S/C21H22NP/c1-21(22,17-18-11-5-2-6-12-18)23(19-13-7-3-8-14-19)20-15-9-4-10-16-20/h2-16H,17,22H2,1H3. The van der Waals surface area contributed by atoms with Crippen molar-refractivity contribution in [2.24, 2.45) is 5.73 Å². The fourth-order valence-electron chi connectivity index (χ4n) is 2.98. The molecular weight excluding hydrogens is 297 g/mol. The number of nitrogens with two attached hydrogens (primary N) is 1. The number of hydrogen-bond donors (Lipinski definition) is 1. The van der Waals surface area contributed by atoms with Crippen molar-refractivity contribution in [3.05, 3.63) is 96.6 Å². The molecule has 2 heteroatoms. The topological polar surface area (TPSA) is 26.0 Å². The molecule has 0 aliphatic carbocycles. The SMILES string of the molecule is CC(N)(Cc1ccccc1)P(c1ccccc1)c1ccccc1. The molecule has 0 heterocycles. The van der Waals surface area contributed by atoms with Crippen molar-refractivity contribution in [1.29, 1.82) is 0 Å². The predicted octanol–water partition coefficient (Wildman–Crippen LogP) is 4.04. The van der Waals surface area contributed by atoms with Crippen LogP contribution in [0.4, 0.5) is 0 Å². The van der Waals surface area contributed by atoms with Gasteiger partial charge in [0.1, 0.15) is 0 Å². The summed E-state index contributed by atoms with van der Waals surface area (Å²) in [4.78, 5) is 0. The zero-order chi connectivity index (χ0) is 16.1. The van der Waals surface area contributed by atoms with Crippen LogP contribution in [0.5, 0.6) is 0 Å². The molecule has 0 aromatic heterocycles. The zero-order valence-electron chi connectivity index (χ0n) is 13.4. The lowest BCUT2D eigenvalue weighted by atomic mass is 10.1. The van der Waals surface area contributed by atoms with Crippen molar-refractivity contribution in [2.45, 2.75) is 18.6 Å². The summed E-state index contributed by atoms with van der Waals surface area (Å²) in [6, 6.07) is 31.9. The van der Waals surface area contributed by atoms with Gasteiger partial charge in [0, 0.05) is 5.28 Å². The molecular formula is C21H22NP. The van der Waals surface area contributed by atoms with Gasteiger partial charge in [0.25, 0.3) is 0 Å². The van der Waals surface area contributed by atoms with Crippen molar-refractivity contribution in [3.63, 3.8) is 0 Å². The molecule has 0 spiro atoms. The molecule has 23 heavy (non-hydrogen) atoms. The maximum absolute atomic E-state index is 6.89. The molecule has 0 radical (unpaired) electrons. The molecule has 0 amide bonds.